The number of sulfonamides is 1. The first kappa shape index (κ1) is 19.6. The molecule has 0 aliphatic heterocycles. The molecule has 0 aromatic heterocycles. The van der Waals surface area contributed by atoms with Crippen molar-refractivity contribution in [2.24, 2.45) is 5.92 Å². The Morgan fingerprint density at radius 1 is 1.08 bits per heavy atom. The molecule has 0 spiro atoms. The Hall–Kier alpha value is -1.76. The highest BCUT2D eigenvalue weighted by atomic mass is 35.5. The molecule has 25 heavy (non-hydrogen) atoms. The minimum Gasteiger partial charge on any atom is -0.352 e. The quantitative estimate of drug-likeness (QED) is 0.763. The first-order valence-corrected chi connectivity index (χ1v) is 9.79. The van der Waals surface area contributed by atoms with Gasteiger partial charge in [0.05, 0.1) is 5.02 Å². The highest BCUT2D eigenvalue weighted by Crippen LogP contribution is 2.26. The lowest BCUT2D eigenvalue weighted by Gasteiger charge is -2.11. The van der Waals surface area contributed by atoms with E-state index >= 15 is 0 Å². The molecule has 0 aliphatic carbocycles. The highest BCUT2D eigenvalue weighted by Gasteiger charge is 2.18. The number of halogens is 2. The van der Waals surface area contributed by atoms with Crippen LogP contribution in [0.4, 0.5) is 5.69 Å². The van der Waals surface area contributed by atoms with Crippen LogP contribution in [0.15, 0.2) is 47.4 Å². The van der Waals surface area contributed by atoms with Gasteiger partial charge in [0.15, 0.2) is 0 Å². The van der Waals surface area contributed by atoms with Gasteiger partial charge in [0.25, 0.3) is 15.9 Å². The molecule has 0 atom stereocenters. The summed E-state index contributed by atoms with van der Waals surface area (Å²) in [6.45, 7) is 4.57. The minimum atomic E-state index is -3.89. The average molecular weight is 401 g/mol. The van der Waals surface area contributed by atoms with Crippen LogP contribution in [0.1, 0.15) is 24.2 Å². The standard InChI is InChI=1S/C17H18Cl2N2O3S/c1-11(2)10-20-17(22)12-3-6-14(7-4-12)21-25(23,24)16-9-13(18)5-8-15(16)19/h3-9,11,21H,10H2,1-2H3,(H,20,22). The molecule has 2 aromatic rings. The number of amides is 1. The Labute approximate surface area is 157 Å². The van der Waals surface area contributed by atoms with Gasteiger partial charge in [-0.2, -0.15) is 0 Å². The normalized spacial score (nSPS) is 11.4. The predicted octanol–water partition coefficient (Wildman–Crippen LogP) is 4.18. The molecular formula is C17H18Cl2N2O3S. The largest absolute Gasteiger partial charge is 0.352 e. The van der Waals surface area contributed by atoms with E-state index in [4.69, 9.17) is 23.2 Å². The second-order valence-corrected chi connectivity index (χ2v) is 8.36. The van der Waals surface area contributed by atoms with E-state index in [0.717, 1.165) is 0 Å². The van der Waals surface area contributed by atoms with Crippen LogP contribution in [0.3, 0.4) is 0 Å². The summed E-state index contributed by atoms with van der Waals surface area (Å²) in [6.07, 6.45) is 0. The van der Waals surface area contributed by atoms with Gasteiger partial charge in [-0.1, -0.05) is 37.0 Å². The smallest absolute Gasteiger partial charge is 0.263 e. The molecule has 0 heterocycles. The van der Waals surface area contributed by atoms with Crippen LogP contribution in [-0.2, 0) is 10.0 Å². The Bertz CT molecular complexity index is 866. The van der Waals surface area contributed by atoms with Crippen molar-refractivity contribution in [1.29, 1.82) is 0 Å². The molecular weight excluding hydrogens is 383 g/mol. The van der Waals surface area contributed by atoms with Gasteiger partial charge in [-0.15, -0.1) is 0 Å². The number of nitrogens with one attached hydrogen (secondary N) is 2. The maximum Gasteiger partial charge on any atom is 0.263 e. The first-order valence-electron chi connectivity index (χ1n) is 7.55. The summed E-state index contributed by atoms with van der Waals surface area (Å²) >= 11 is 11.8. The van der Waals surface area contributed by atoms with E-state index in [1.165, 1.54) is 30.3 Å². The Morgan fingerprint density at radius 3 is 2.32 bits per heavy atom. The number of carbonyl (C=O) groups excluding carboxylic acids is 1. The first-order chi connectivity index (χ1) is 11.7. The van der Waals surface area contributed by atoms with Crippen molar-refractivity contribution in [3.63, 3.8) is 0 Å². The lowest BCUT2D eigenvalue weighted by Crippen LogP contribution is -2.27. The summed E-state index contributed by atoms with van der Waals surface area (Å²) in [5, 5.41) is 3.13. The zero-order valence-electron chi connectivity index (χ0n) is 13.7. The molecule has 0 saturated heterocycles. The van der Waals surface area contributed by atoms with Gasteiger partial charge in [0.1, 0.15) is 4.90 Å². The minimum absolute atomic E-state index is 0.0709. The Morgan fingerprint density at radius 2 is 1.72 bits per heavy atom. The van der Waals surface area contributed by atoms with E-state index in [1.807, 2.05) is 13.8 Å². The summed E-state index contributed by atoms with van der Waals surface area (Å²) in [5.41, 5.74) is 0.765. The number of carbonyl (C=O) groups is 1. The summed E-state index contributed by atoms with van der Waals surface area (Å²) in [4.78, 5) is 11.9. The van der Waals surface area contributed by atoms with Gasteiger partial charge in [0, 0.05) is 22.8 Å². The third kappa shape index (κ3) is 5.36. The Kier molecular flexibility index (Phi) is 6.32. The van der Waals surface area contributed by atoms with Crippen LogP contribution in [0, 0.1) is 5.92 Å². The molecule has 0 saturated carbocycles. The summed E-state index contributed by atoms with van der Waals surface area (Å²) in [6, 6.07) is 10.3. The van der Waals surface area contributed by atoms with E-state index in [1.54, 1.807) is 12.1 Å². The zero-order chi connectivity index (χ0) is 18.6. The van der Waals surface area contributed by atoms with E-state index in [-0.39, 0.29) is 20.8 Å². The van der Waals surface area contributed by atoms with Crippen molar-refractivity contribution < 1.29 is 13.2 Å². The molecule has 0 aliphatic rings. The molecule has 1 amide bonds. The predicted molar refractivity (Wildman–Crippen MR) is 101 cm³/mol. The van der Waals surface area contributed by atoms with Gasteiger partial charge in [0.2, 0.25) is 0 Å². The molecule has 5 nitrogen and oxygen atoms in total. The van der Waals surface area contributed by atoms with Crippen molar-refractivity contribution in [2.75, 3.05) is 11.3 Å². The molecule has 8 heteroatoms. The third-order valence-electron chi connectivity index (χ3n) is 3.25. The van der Waals surface area contributed by atoms with E-state index in [2.05, 4.69) is 10.0 Å². The van der Waals surface area contributed by atoms with Crippen LogP contribution in [0.25, 0.3) is 0 Å². The lowest BCUT2D eigenvalue weighted by atomic mass is 10.2. The Balaban J connectivity index is 2.15. The van der Waals surface area contributed by atoms with Gasteiger partial charge in [-0.3, -0.25) is 9.52 Å². The maximum absolute atomic E-state index is 12.4. The summed E-state index contributed by atoms with van der Waals surface area (Å²) < 4.78 is 27.3. The van der Waals surface area contributed by atoms with Crippen LogP contribution in [0.2, 0.25) is 10.0 Å². The fourth-order valence-corrected chi connectivity index (χ4v) is 3.80. The maximum atomic E-state index is 12.4. The molecule has 2 aromatic carbocycles. The second-order valence-electron chi connectivity index (χ2n) is 5.86. The molecule has 0 bridgehead atoms. The van der Waals surface area contributed by atoms with E-state index in [9.17, 15) is 13.2 Å². The fraction of sp³-hybridized carbons (Fsp3) is 0.235. The van der Waals surface area contributed by atoms with Gasteiger partial charge in [-0.05, 0) is 48.4 Å². The molecule has 0 fully saturated rings. The summed E-state index contributed by atoms with van der Waals surface area (Å²) in [7, 11) is -3.89. The van der Waals surface area contributed by atoms with Gasteiger partial charge >= 0.3 is 0 Å². The molecule has 2 N–H and O–H groups in total. The third-order valence-corrected chi connectivity index (χ3v) is 5.35. The summed E-state index contributed by atoms with van der Waals surface area (Å²) in [5.74, 6) is 0.137. The van der Waals surface area contributed by atoms with Gasteiger partial charge < -0.3 is 5.32 Å². The van der Waals surface area contributed by atoms with Crippen molar-refractivity contribution in [3.8, 4) is 0 Å². The van der Waals surface area contributed by atoms with E-state index in [0.29, 0.717) is 23.7 Å². The number of hydrogen-bond donors (Lipinski definition) is 2. The average Bonchev–Trinajstić information content (AvgIpc) is 2.55. The van der Waals surface area contributed by atoms with Crippen LogP contribution in [0.5, 0.6) is 0 Å². The van der Waals surface area contributed by atoms with Crippen LogP contribution in [-0.4, -0.2) is 20.9 Å². The molecule has 0 unspecified atom stereocenters. The van der Waals surface area contributed by atoms with Crippen LogP contribution < -0.4 is 10.0 Å². The van der Waals surface area contributed by atoms with Crippen LogP contribution >= 0.6 is 23.2 Å². The number of anilines is 1. The molecule has 0 radical (unpaired) electrons. The SMILES string of the molecule is CC(C)CNC(=O)c1ccc(NS(=O)(=O)c2cc(Cl)ccc2Cl)cc1. The molecule has 134 valence electrons. The number of benzene rings is 2. The molecule has 2 rings (SSSR count). The monoisotopic (exact) mass is 400 g/mol. The fourth-order valence-electron chi connectivity index (χ4n) is 1.98. The number of hydrogen-bond acceptors (Lipinski definition) is 3. The van der Waals surface area contributed by atoms with Crippen molar-refractivity contribution in [1.82, 2.24) is 5.32 Å². The zero-order valence-corrected chi connectivity index (χ0v) is 16.0. The van der Waals surface area contributed by atoms with Crippen molar-refractivity contribution in [2.45, 2.75) is 18.7 Å². The van der Waals surface area contributed by atoms with Crippen molar-refractivity contribution in [3.05, 3.63) is 58.1 Å². The van der Waals surface area contributed by atoms with E-state index < -0.39 is 10.0 Å². The van der Waals surface area contributed by atoms with Crippen molar-refractivity contribution >= 4 is 44.8 Å². The topological polar surface area (TPSA) is 75.3 Å². The number of rotatable bonds is 6. The second kappa shape index (κ2) is 8.08. The van der Waals surface area contributed by atoms with Gasteiger partial charge in [-0.25, -0.2) is 8.42 Å². The lowest BCUT2D eigenvalue weighted by molar-refractivity contribution is 0.0949. The highest BCUT2D eigenvalue weighted by molar-refractivity contribution is 7.92.